The molecule has 1 rings (SSSR count). The lowest BCUT2D eigenvalue weighted by Gasteiger charge is -2.12. The molecule has 0 fully saturated rings. The van der Waals surface area contributed by atoms with Crippen LogP contribution in [0.3, 0.4) is 0 Å². The number of benzene rings is 1. The molecule has 0 heterocycles. The second kappa shape index (κ2) is 8.35. The van der Waals surface area contributed by atoms with E-state index in [0.29, 0.717) is 12.3 Å². The second-order valence-corrected chi connectivity index (χ2v) is 4.74. The summed E-state index contributed by atoms with van der Waals surface area (Å²) < 4.78 is 10.3. The highest BCUT2D eigenvalue weighted by Crippen LogP contribution is 2.27. The van der Waals surface area contributed by atoms with Gasteiger partial charge in [0.15, 0.2) is 11.5 Å². The maximum absolute atomic E-state index is 11.8. The van der Waals surface area contributed by atoms with Crippen molar-refractivity contribution < 1.29 is 19.1 Å². The van der Waals surface area contributed by atoms with Crippen molar-refractivity contribution >= 4 is 11.9 Å². The molecule has 0 aliphatic carbocycles. The lowest BCUT2D eigenvalue weighted by Crippen LogP contribution is -2.12. The molecule has 4 nitrogen and oxygen atoms in total. The average Bonchev–Trinajstić information content (AvgIpc) is 2.41. The van der Waals surface area contributed by atoms with E-state index in [1.54, 1.807) is 24.3 Å². The summed E-state index contributed by atoms with van der Waals surface area (Å²) in [6.07, 6.45) is 3.32. The SMILES string of the molecule is CCC(CC)CCC(=O)Oc1ccccc1OC(C)=O. The minimum Gasteiger partial charge on any atom is -0.423 e. The van der Waals surface area contributed by atoms with E-state index >= 15 is 0 Å². The van der Waals surface area contributed by atoms with E-state index in [-0.39, 0.29) is 17.5 Å². The monoisotopic (exact) mass is 278 g/mol. The lowest BCUT2D eigenvalue weighted by atomic mass is 9.98. The van der Waals surface area contributed by atoms with Crippen LogP contribution in [0, 0.1) is 5.92 Å². The Kier molecular flexibility index (Phi) is 6.77. The molecule has 0 saturated heterocycles. The van der Waals surface area contributed by atoms with Gasteiger partial charge in [-0.05, 0) is 24.5 Å². The van der Waals surface area contributed by atoms with Crippen molar-refractivity contribution in [2.45, 2.75) is 46.5 Å². The summed E-state index contributed by atoms with van der Waals surface area (Å²) in [6.45, 7) is 5.55. The number of hydrogen-bond donors (Lipinski definition) is 0. The summed E-state index contributed by atoms with van der Waals surface area (Å²) >= 11 is 0. The summed E-state index contributed by atoms with van der Waals surface area (Å²) in [5.41, 5.74) is 0. The summed E-state index contributed by atoms with van der Waals surface area (Å²) in [7, 11) is 0. The molecule has 20 heavy (non-hydrogen) atoms. The Labute approximate surface area is 120 Å². The van der Waals surface area contributed by atoms with Gasteiger partial charge in [-0.3, -0.25) is 9.59 Å². The summed E-state index contributed by atoms with van der Waals surface area (Å²) in [5.74, 6) is 0.376. The Morgan fingerprint density at radius 1 is 1.05 bits per heavy atom. The second-order valence-electron chi connectivity index (χ2n) is 4.74. The molecular weight excluding hydrogens is 256 g/mol. The molecular formula is C16H22O4. The van der Waals surface area contributed by atoms with E-state index in [2.05, 4.69) is 13.8 Å². The van der Waals surface area contributed by atoms with Gasteiger partial charge in [0.25, 0.3) is 0 Å². The van der Waals surface area contributed by atoms with Crippen molar-refractivity contribution in [3.05, 3.63) is 24.3 Å². The number of rotatable bonds is 7. The molecule has 1 aromatic rings. The molecule has 0 atom stereocenters. The highest BCUT2D eigenvalue weighted by atomic mass is 16.6. The molecule has 110 valence electrons. The van der Waals surface area contributed by atoms with E-state index in [4.69, 9.17) is 9.47 Å². The Morgan fingerprint density at radius 2 is 1.60 bits per heavy atom. The third kappa shape index (κ3) is 5.43. The molecule has 0 spiro atoms. The minimum absolute atomic E-state index is 0.274. The first kappa shape index (κ1) is 16.2. The topological polar surface area (TPSA) is 52.6 Å². The van der Waals surface area contributed by atoms with Crippen LogP contribution in [0.4, 0.5) is 0 Å². The molecule has 0 saturated carbocycles. The van der Waals surface area contributed by atoms with Gasteiger partial charge in [-0.2, -0.15) is 0 Å². The Bertz CT molecular complexity index is 450. The van der Waals surface area contributed by atoms with Gasteiger partial charge in [-0.1, -0.05) is 38.8 Å². The van der Waals surface area contributed by atoms with Crippen LogP contribution < -0.4 is 9.47 Å². The zero-order chi connectivity index (χ0) is 15.0. The summed E-state index contributed by atoms with van der Waals surface area (Å²) in [5, 5.41) is 0. The van der Waals surface area contributed by atoms with Gasteiger partial charge in [-0.25, -0.2) is 0 Å². The van der Waals surface area contributed by atoms with Crippen LogP contribution in [0.5, 0.6) is 11.5 Å². The number of hydrogen-bond acceptors (Lipinski definition) is 4. The smallest absolute Gasteiger partial charge is 0.311 e. The number of carbonyl (C=O) groups is 2. The van der Waals surface area contributed by atoms with E-state index in [0.717, 1.165) is 19.3 Å². The number of ether oxygens (including phenoxy) is 2. The van der Waals surface area contributed by atoms with Crippen molar-refractivity contribution in [3.63, 3.8) is 0 Å². The Hall–Kier alpha value is -1.84. The van der Waals surface area contributed by atoms with Crippen molar-refractivity contribution in [2.75, 3.05) is 0 Å². The molecule has 0 aromatic heterocycles. The zero-order valence-electron chi connectivity index (χ0n) is 12.3. The van der Waals surface area contributed by atoms with E-state index in [1.165, 1.54) is 6.92 Å². The van der Waals surface area contributed by atoms with Crippen LogP contribution in [0.15, 0.2) is 24.3 Å². The predicted molar refractivity (Wildman–Crippen MR) is 76.7 cm³/mol. The van der Waals surface area contributed by atoms with Crippen molar-refractivity contribution in [1.82, 2.24) is 0 Å². The molecule has 0 amide bonds. The number of para-hydroxylation sites is 2. The van der Waals surface area contributed by atoms with E-state index in [1.807, 2.05) is 0 Å². The Balaban J connectivity index is 2.59. The van der Waals surface area contributed by atoms with Crippen molar-refractivity contribution in [2.24, 2.45) is 5.92 Å². The minimum atomic E-state index is -0.439. The molecule has 0 unspecified atom stereocenters. The fourth-order valence-electron chi connectivity index (χ4n) is 1.97. The van der Waals surface area contributed by atoms with Crippen LogP contribution >= 0.6 is 0 Å². The fraction of sp³-hybridized carbons (Fsp3) is 0.500. The van der Waals surface area contributed by atoms with E-state index < -0.39 is 5.97 Å². The first-order chi connectivity index (χ1) is 9.56. The average molecular weight is 278 g/mol. The van der Waals surface area contributed by atoms with E-state index in [9.17, 15) is 9.59 Å². The third-order valence-electron chi connectivity index (χ3n) is 3.24. The van der Waals surface area contributed by atoms with Crippen LogP contribution in [-0.2, 0) is 9.59 Å². The maximum Gasteiger partial charge on any atom is 0.311 e. The van der Waals surface area contributed by atoms with Crippen molar-refractivity contribution in [3.8, 4) is 11.5 Å². The number of carbonyl (C=O) groups excluding carboxylic acids is 2. The Morgan fingerprint density at radius 3 is 2.10 bits per heavy atom. The molecule has 1 aromatic carbocycles. The molecule has 0 bridgehead atoms. The van der Waals surface area contributed by atoms with Gasteiger partial charge in [0.2, 0.25) is 0 Å². The molecule has 4 heteroatoms. The quantitative estimate of drug-likeness (QED) is 0.563. The van der Waals surface area contributed by atoms with Gasteiger partial charge in [-0.15, -0.1) is 0 Å². The molecule has 0 aliphatic rings. The summed E-state index contributed by atoms with van der Waals surface area (Å²) in [4.78, 5) is 22.8. The van der Waals surface area contributed by atoms with Crippen LogP contribution in [0.1, 0.15) is 46.5 Å². The summed E-state index contributed by atoms with van der Waals surface area (Å²) in [6, 6.07) is 6.68. The highest BCUT2D eigenvalue weighted by molar-refractivity contribution is 5.75. The van der Waals surface area contributed by atoms with Crippen LogP contribution in [-0.4, -0.2) is 11.9 Å². The number of esters is 2. The third-order valence-corrected chi connectivity index (χ3v) is 3.24. The first-order valence-electron chi connectivity index (χ1n) is 7.04. The fourth-order valence-corrected chi connectivity index (χ4v) is 1.97. The lowest BCUT2D eigenvalue weighted by molar-refractivity contribution is -0.136. The normalized spacial score (nSPS) is 10.4. The largest absolute Gasteiger partial charge is 0.423 e. The maximum atomic E-state index is 11.8. The predicted octanol–water partition coefficient (Wildman–Crippen LogP) is 3.73. The molecule has 0 radical (unpaired) electrons. The molecule has 0 N–H and O–H groups in total. The van der Waals surface area contributed by atoms with Gasteiger partial charge in [0, 0.05) is 13.3 Å². The van der Waals surface area contributed by atoms with Gasteiger partial charge < -0.3 is 9.47 Å². The first-order valence-corrected chi connectivity index (χ1v) is 7.04. The van der Waals surface area contributed by atoms with Crippen molar-refractivity contribution in [1.29, 1.82) is 0 Å². The van der Waals surface area contributed by atoms with Gasteiger partial charge in [0.1, 0.15) is 0 Å². The highest BCUT2D eigenvalue weighted by Gasteiger charge is 2.13. The van der Waals surface area contributed by atoms with Crippen LogP contribution in [0.2, 0.25) is 0 Å². The van der Waals surface area contributed by atoms with Gasteiger partial charge in [0.05, 0.1) is 0 Å². The standard InChI is InChI=1S/C16H22O4/c1-4-13(5-2)10-11-16(18)20-15-9-7-6-8-14(15)19-12(3)17/h6-9,13H,4-5,10-11H2,1-3H3. The van der Waals surface area contributed by atoms with Crippen LogP contribution in [0.25, 0.3) is 0 Å². The van der Waals surface area contributed by atoms with Gasteiger partial charge >= 0.3 is 11.9 Å². The zero-order valence-corrected chi connectivity index (χ0v) is 12.3. The molecule has 0 aliphatic heterocycles.